The lowest BCUT2D eigenvalue weighted by Gasteiger charge is -2.47. The van der Waals surface area contributed by atoms with Crippen molar-refractivity contribution >= 4 is 29.3 Å². The van der Waals surface area contributed by atoms with Crippen LogP contribution in [-0.2, 0) is 23.1 Å². The Morgan fingerprint density at radius 1 is 1.16 bits per heavy atom. The van der Waals surface area contributed by atoms with Gasteiger partial charge in [-0.2, -0.15) is 0 Å². The molecule has 7 rings (SSSR count). The summed E-state index contributed by atoms with van der Waals surface area (Å²) in [4.78, 5) is 31.4. The minimum Gasteiger partial charge on any atom is -0.493 e. The molecule has 9 nitrogen and oxygen atoms in total. The first-order valence-electron chi connectivity index (χ1n) is 18.3. The van der Waals surface area contributed by atoms with Gasteiger partial charge in [-0.3, -0.25) is 4.98 Å². The number of aromatic nitrogens is 1. The van der Waals surface area contributed by atoms with E-state index in [-0.39, 0.29) is 11.4 Å². The molecule has 4 aliphatic rings. The van der Waals surface area contributed by atoms with Gasteiger partial charge >= 0.3 is 12.0 Å². The van der Waals surface area contributed by atoms with Crippen LogP contribution in [0.1, 0.15) is 87.1 Å². The number of carbonyl (C=O) groups is 2. The Hall–Kier alpha value is -3.98. The number of aliphatic carboxylic acids is 1. The quantitative estimate of drug-likeness (QED) is 0.178. The van der Waals surface area contributed by atoms with Gasteiger partial charge in [0, 0.05) is 41.3 Å². The maximum absolute atomic E-state index is 13.0. The van der Waals surface area contributed by atoms with Crippen molar-refractivity contribution in [2.45, 2.75) is 88.5 Å². The van der Waals surface area contributed by atoms with Gasteiger partial charge in [0.05, 0.1) is 13.2 Å². The zero-order chi connectivity index (χ0) is 34.9. The van der Waals surface area contributed by atoms with Gasteiger partial charge in [-0.15, -0.1) is 0 Å². The summed E-state index contributed by atoms with van der Waals surface area (Å²) in [5, 5.41) is 17.4. The largest absolute Gasteiger partial charge is 0.493 e. The number of ether oxygens (including phenoxy) is 2. The first-order chi connectivity index (χ1) is 24.2. The Morgan fingerprint density at radius 2 is 2.00 bits per heavy atom. The second-order valence-corrected chi connectivity index (χ2v) is 15.5. The number of carboxylic acid groups (broad SMARTS) is 1. The van der Waals surface area contributed by atoms with Crippen molar-refractivity contribution in [3.8, 4) is 11.5 Å². The molecule has 2 heterocycles. The van der Waals surface area contributed by atoms with E-state index in [0.717, 1.165) is 55.7 Å². The van der Waals surface area contributed by atoms with E-state index in [9.17, 15) is 14.7 Å². The van der Waals surface area contributed by atoms with E-state index in [1.165, 1.54) is 28.8 Å². The molecule has 3 aliphatic carbocycles. The molecule has 1 aliphatic heterocycles. The summed E-state index contributed by atoms with van der Waals surface area (Å²) in [6.45, 7) is 7.49. The van der Waals surface area contributed by atoms with E-state index in [2.05, 4.69) is 41.6 Å². The molecule has 0 bridgehead atoms. The third-order valence-corrected chi connectivity index (χ3v) is 12.1. The number of halogens is 1. The van der Waals surface area contributed by atoms with Gasteiger partial charge in [-0.25, -0.2) is 9.59 Å². The average Bonchev–Trinajstić information content (AvgIpc) is 3.64. The van der Waals surface area contributed by atoms with Gasteiger partial charge in [0.25, 0.3) is 0 Å². The van der Waals surface area contributed by atoms with E-state index in [1.807, 2.05) is 30.5 Å². The summed E-state index contributed by atoms with van der Waals surface area (Å²) in [6, 6.07) is 15.7. The smallest absolute Gasteiger partial charge is 0.329 e. The van der Waals surface area contributed by atoms with Crippen molar-refractivity contribution < 1.29 is 24.2 Å². The summed E-state index contributed by atoms with van der Waals surface area (Å²) in [7, 11) is 0. The number of hydrogen-bond acceptors (Lipinski definition) is 6. The van der Waals surface area contributed by atoms with Crippen molar-refractivity contribution in [1.82, 2.24) is 15.2 Å². The molecule has 10 heteroatoms. The van der Waals surface area contributed by atoms with Crippen LogP contribution in [0.5, 0.6) is 11.5 Å². The number of anilines is 1. The molecule has 3 atom stereocenters. The summed E-state index contributed by atoms with van der Waals surface area (Å²) in [6.07, 6.45) is 9.61. The van der Waals surface area contributed by atoms with Gasteiger partial charge in [0.1, 0.15) is 23.6 Å². The highest BCUT2D eigenvalue weighted by atomic mass is 35.5. The van der Waals surface area contributed by atoms with E-state index in [0.29, 0.717) is 68.5 Å². The number of nitrogens with one attached hydrogen (secondary N) is 2. The summed E-state index contributed by atoms with van der Waals surface area (Å²) < 4.78 is 12.8. The van der Waals surface area contributed by atoms with Crippen LogP contribution in [0, 0.1) is 11.8 Å². The Kier molecular flexibility index (Phi) is 9.88. The Bertz CT molecular complexity index is 1720. The number of benzene rings is 2. The molecule has 50 heavy (non-hydrogen) atoms. The minimum atomic E-state index is -1.08. The zero-order valence-electron chi connectivity index (χ0n) is 29.2. The van der Waals surface area contributed by atoms with Gasteiger partial charge in [0.15, 0.2) is 0 Å². The molecular weight excluding hydrogens is 652 g/mol. The van der Waals surface area contributed by atoms with Crippen LogP contribution in [0.4, 0.5) is 10.5 Å². The third kappa shape index (κ3) is 6.85. The van der Waals surface area contributed by atoms with Gasteiger partial charge < -0.3 is 30.1 Å². The number of nitrogens with zero attached hydrogens (tertiary/aromatic N) is 2. The number of aryl methyl sites for hydroxylation is 1. The van der Waals surface area contributed by atoms with Crippen molar-refractivity contribution in [1.29, 1.82) is 0 Å². The maximum atomic E-state index is 13.0. The molecule has 1 saturated heterocycles. The van der Waals surface area contributed by atoms with E-state index < -0.39 is 11.5 Å². The molecule has 1 saturated carbocycles. The molecule has 1 unspecified atom stereocenters. The maximum Gasteiger partial charge on any atom is 0.329 e. The van der Waals surface area contributed by atoms with Crippen molar-refractivity contribution in [3.63, 3.8) is 0 Å². The fourth-order valence-electron chi connectivity index (χ4n) is 9.16. The first-order valence-corrected chi connectivity index (χ1v) is 18.7. The lowest BCUT2D eigenvalue weighted by Crippen LogP contribution is -2.53. The molecule has 2 amide bonds. The Morgan fingerprint density at radius 3 is 2.76 bits per heavy atom. The van der Waals surface area contributed by atoms with Gasteiger partial charge in [0.2, 0.25) is 0 Å². The SMILES string of the molecule is C[C@@H](COc1ccnc2c1[C@H](C)CCC2)CC1Cc2ccc(OCCN3CCNC3=O)cc2C12CCC(Nc1cccc(Cl)c1)(C(=O)O)CC2. The highest BCUT2D eigenvalue weighted by Crippen LogP contribution is 2.56. The van der Waals surface area contributed by atoms with E-state index in [4.69, 9.17) is 21.1 Å². The van der Waals surface area contributed by atoms with Crippen LogP contribution in [0.25, 0.3) is 0 Å². The number of fused-ring (bicyclic) bond motifs is 3. The number of amides is 2. The number of pyridine rings is 1. The molecule has 3 aromatic rings. The van der Waals surface area contributed by atoms with Crippen LogP contribution in [0.3, 0.4) is 0 Å². The molecule has 2 fully saturated rings. The van der Waals surface area contributed by atoms with Gasteiger partial charge in [-0.05, 0) is 128 Å². The van der Waals surface area contributed by atoms with Gasteiger partial charge in [-0.1, -0.05) is 37.6 Å². The number of urea groups is 1. The normalized spacial score (nSPS) is 26.2. The molecule has 1 spiro atoms. The standard InChI is InChI=1S/C40H49ClN4O5/c1-26(25-50-35-11-16-42-34-8-3-5-27(2)36(34)35)21-29-22-28-9-10-32(49-20-19-45-18-17-43-38(45)48)24-33(28)39(29)12-14-40(15-13-39,37(46)47)44-31-7-4-6-30(41)23-31/h4,6-7,9-11,16,23-24,26-27,29,44H,3,5,8,12-15,17-22,25H2,1-2H3,(H,43,48)(H,46,47)/t26-,27-,29?,39?,40?/m1/s1. The molecule has 0 radical (unpaired) electrons. The van der Waals surface area contributed by atoms with Crippen molar-refractivity contribution in [3.05, 3.63) is 82.1 Å². The van der Waals surface area contributed by atoms with E-state index >= 15 is 0 Å². The molecule has 266 valence electrons. The fraction of sp³-hybridized carbons (Fsp3) is 0.525. The second kappa shape index (κ2) is 14.3. The predicted octanol–water partition coefficient (Wildman–Crippen LogP) is 7.60. The van der Waals surface area contributed by atoms with Crippen LogP contribution in [0.15, 0.2) is 54.7 Å². The second-order valence-electron chi connectivity index (χ2n) is 15.1. The average molecular weight is 701 g/mol. The Labute approximate surface area is 300 Å². The summed E-state index contributed by atoms with van der Waals surface area (Å²) in [5.74, 6) is 2.02. The van der Waals surface area contributed by atoms with E-state index in [1.54, 1.807) is 17.0 Å². The van der Waals surface area contributed by atoms with Crippen molar-refractivity contribution in [2.75, 3.05) is 38.2 Å². The summed E-state index contributed by atoms with van der Waals surface area (Å²) >= 11 is 6.28. The summed E-state index contributed by atoms with van der Waals surface area (Å²) in [5.41, 5.74) is 4.51. The fourth-order valence-corrected chi connectivity index (χ4v) is 9.35. The lowest BCUT2D eigenvalue weighted by molar-refractivity contribution is -0.144. The number of hydrogen-bond donors (Lipinski definition) is 3. The molecule has 2 aromatic carbocycles. The molecule has 1 aromatic heterocycles. The van der Waals surface area contributed by atoms with Crippen LogP contribution < -0.4 is 20.1 Å². The predicted molar refractivity (Wildman–Crippen MR) is 195 cm³/mol. The molecule has 3 N–H and O–H groups in total. The third-order valence-electron chi connectivity index (χ3n) is 11.8. The van der Waals surface area contributed by atoms with Crippen LogP contribution in [0.2, 0.25) is 5.02 Å². The minimum absolute atomic E-state index is 0.0451. The zero-order valence-corrected chi connectivity index (χ0v) is 29.9. The van der Waals surface area contributed by atoms with Crippen LogP contribution in [-0.4, -0.2) is 65.4 Å². The van der Waals surface area contributed by atoms with Crippen LogP contribution >= 0.6 is 11.6 Å². The number of carbonyl (C=O) groups excluding carboxylic acids is 1. The molecular formula is C40H49ClN4O5. The van der Waals surface area contributed by atoms with Crippen molar-refractivity contribution in [2.24, 2.45) is 11.8 Å². The monoisotopic (exact) mass is 700 g/mol. The first kappa shape index (κ1) is 34.5. The topological polar surface area (TPSA) is 113 Å². The number of rotatable bonds is 12. The Balaban J connectivity index is 1.11. The number of carboxylic acids is 1. The highest BCUT2D eigenvalue weighted by molar-refractivity contribution is 6.30. The highest BCUT2D eigenvalue weighted by Gasteiger charge is 2.54. The lowest BCUT2D eigenvalue weighted by atomic mass is 9.59.